The summed E-state index contributed by atoms with van der Waals surface area (Å²) in [5, 5.41) is 6.88. The predicted molar refractivity (Wildman–Crippen MR) is 103 cm³/mol. The number of rotatable bonds is 7. The third-order valence-corrected chi connectivity index (χ3v) is 5.03. The highest BCUT2D eigenvalue weighted by atomic mass is 35.5. The Kier molecular flexibility index (Phi) is 7.09. The van der Waals surface area contributed by atoms with E-state index in [0.717, 1.165) is 11.8 Å². The zero-order valence-corrected chi connectivity index (χ0v) is 16.9. The highest BCUT2D eigenvalue weighted by molar-refractivity contribution is 6.32. The van der Waals surface area contributed by atoms with Gasteiger partial charge >= 0.3 is 6.36 Å². The Labute approximate surface area is 176 Å². The monoisotopic (exact) mass is 447 g/mol. The minimum absolute atomic E-state index is 0.155. The first-order valence-electron chi connectivity index (χ1n) is 9.31. The van der Waals surface area contributed by atoms with Crippen LogP contribution in [-0.2, 0) is 4.74 Å². The molecule has 0 saturated carbocycles. The molecule has 0 spiro atoms. The molecule has 164 valence electrons. The topological polar surface area (TPSA) is 76.8 Å². The number of anilines is 1. The van der Waals surface area contributed by atoms with Gasteiger partial charge in [-0.15, -0.1) is 13.2 Å². The van der Waals surface area contributed by atoms with Gasteiger partial charge in [0.25, 0.3) is 5.91 Å². The van der Waals surface area contributed by atoms with Crippen LogP contribution in [0.4, 0.5) is 19.1 Å². The summed E-state index contributed by atoms with van der Waals surface area (Å²) in [5.41, 5.74) is 1.03. The number of aromatic nitrogens is 1. The summed E-state index contributed by atoms with van der Waals surface area (Å²) in [5.74, 6) is -0.116. The van der Waals surface area contributed by atoms with Crippen molar-refractivity contribution in [1.82, 2.24) is 10.1 Å². The van der Waals surface area contributed by atoms with Gasteiger partial charge in [-0.3, -0.25) is 4.79 Å². The molecule has 1 aromatic heterocycles. The molecule has 30 heavy (non-hydrogen) atoms. The molecule has 7 nitrogen and oxygen atoms in total. The lowest BCUT2D eigenvalue weighted by atomic mass is 9.93. The lowest BCUT2D eigenvalue weighted by Crippen LogP contribution is -2.38. The molecule has 1 amide bonds. The number of ether oxygens (including phenoxy) is 2. The maximum atomic E-state index is 12.7. The molecule has 0 unspecified atom stereocenters. The molecule has 1 fully saturated rings. The molecule has 0 radical (unpaired) electrons. The summed E-state index contributed by atoms with van der Waals surface area (Å²) in [6.45, 7) is 2.12. The van der Waals surface area contributed by atoms with Gasteiger partial charge in [0.05, 0.1) is 17.3 Å². The third kappa shape index (κ3) is 5.79. The van der Waals surface area contributed by atoms with E-state index in [0.29, 0.717) is 45.0 Å². The molecule has 11 heteroatoms. The van der Waals surface area contributed by atoms with E-state index >= 15 is 0 Å². The standard InChI is InChI=1S/C19H21ClF3N3O4/c1-28-9-6-24-17-11-15(25-30-17)12-4-7-26(8-5-12)18(27)13-2-3-16(14(20)10-13)29-19(21,22)23/h2-3,10-12,24H,4-9H2,1H3. The number of nitrogens with zero attached hydrogens (tertiary/aromatic N) is 2. The van der Waals surface area contributed by atoms with Crippen molar-refractivity contribution in [2.75, 3.05) is 38.7 Å². The van der Waals surface area contributed by atoms with Crippen LogP contribution in [0.15, 0.2) is 28.8 Å². The molecule has 2 aromatic rings. The number of halogens is 4. The van der Waals surface area contributed by atoms with E-state index in [9.17, 15) is 18.0 Å². The fourth-order valence-electron chi connectivity index (χ4n) is 3.24. The van der Waals surface area contributed by atoms with E-state index in [1.54, 1.807) is 12.0 Å². The lowest BCUT2D eigenvalue weighted by molar-refractivity contribution is -0.274. The number of piperidine rings is 1. The molecular formula is C19H21ClF3N3O4. The van der Waals surface area contributed by atoms with Crippen LogP contribution in [0.25, 0.3) is 0 Å². The van der Waals surface area contributed by atoms with Crippen molar-refractivity contribution < 1.29 is 32.0 Å². The van der Waals surface area contributed by atoms with Gasteiger partial charge in [-0.2, -0.15) is 0 Å². The largest absolute Gasteiger partial charge is 0.573 e. The average molecular weight is 448 g/mol. The fraction of sp³-hybridized carbons (Fsp3) is 0.474. The second-order valence-corrected chi connectivity index (χ2v) is 7.20. The highest BCUT2D eigenvalue weighted by Crippen LogP contribution is 2.32. The van der Waals surface area contributed by atoms with Crippen molar-refractivity contribution in [1.29, 1.82) is 0 Å². The molecule has 2 heterocycles. The molecule has 1 aliphatic heterocycles. The second-order valence-electron chi connectivity index (χ2n) is 6.80. The van der Waals surface area contributed by atoms with E-state index in [-0.39, 0.29) is 22.4 Å². The number of likely N-dealkylation sites (tertiary alicyclic amines) is 1. The Bertz CT molecular complexity index is 867. The molecular weight excluding hydrogens is 427 g/mol. The summed E-state index contributed by atoms with van der Waals surface area (Å²) in [6, 6.07) is 5.35. The average Bonchev–Trinajstić information content (AvgIpc) is 3.17. The number of alkyl halides is 3. The van der Waals surface area contributed by atoms with Crippen molar-refractivity contribution in [2.45, 2.75) is 25.1 Å². The van der Waals surface area contributed by atoms with Gasteiger partial charge in [-0.05, 0) is 31.0 Å². The fourth-order valence-corrected chi connectivity index (χ4v) is 3.46. The molecule has 1 aromatic carbocycles. The van der Waals surface area contributed by atoms with E-state index in [4.69, 9.17) is 20.9 Å². The minimum Gasteiger partial charge on any atom is -0.404 e. The van der Waals surface area contributed by atoms with Crippen LogP contribution in [0.2, 0.25) is 5.02 Å². The molecule has 1 N–H and O–H groups in total. The number of hydrogen-bond acceptors (Lipinski definition) is 6. The molecule has 0 atom stereocenters. The lowest BCUT2D eigenvalue weighted by Gasteiger charge is -2.31. The maximum absolute atomic E-state index is 12.7. The number of carbonyl (C=O) groups is 1. The molecule has 1 aliphatic rings. The van der Waals surface area contributed by atoms with Gasteiger partial charge in [0.15, 0.2) is 0 Å². The summed E-state index contributed by atoms with van der Waals surface area (Å²) in [4.78, 5) is 14.3. The normalized spacial score (nSPS) is 15.3. The molecule has 1 saturated heterocycles. The SMILES string of the molecule is COCCNc1cc(C2CCN(C(=O)c3ccc(OC(F)(F)F)c(Cl)c3)CC2)no1. The van der Waals surface area contributed by atoms with Crippen LogP contribution < -0.4 is 10.1 Å². The number of amides is 1. The Morgan fingerprint density at radius 1 is 1.33 bits per heavy atom. The van der Waals surface area contributed by atoms with Crippen LogP contribution in [0.5, 0.6) is 5.75 Å². The van der Waals surface area contributed by atoms with Crippen LogP contribution in [-0.4, -0.2) is 55.7 Å². The first kappa shape index (κ1) is 22.2. The predicted octanol–water partition coefficient (Wildman–Crippen LogP) is 4.30. The number of hydrogen-bond donors (Lipinski definition) is 1. The van der Waals surface area contributed by atoms with Gasteiger partial charge in [0, 0.05) is 44.3 Å². The number of nitrogens with one attached hydrogen (secondary N) is 1. The van der Waals surface area contributed by atoms with Gasteiger partial charge in [0.1, 0.15) is 5.75 Å². The van der Waals surface area contributed by atoms with E-state index < -0.39 is 12.1 Å². The highest BCUT2D eigenvalue weighted by Gasteiger charge is 2.32. The summed E-state index contributed by atoms with van der Waals surface area (Å²) in [6.07, 6.45) is -3.46. The first-order valence-corrected chi connectivity index (χ1v) is 9.68. The van der Waals surface area contributed by atoms with Gasteiger partial charge in [0.2, 0.25) is 5.88 Å². The maximum Gasteiger partial charge on any atom is 0.573 e. The summed E-state index contributed by atoms with van der Waals surface area (Å²) >= 11 is 5.84. The Hall–Kier alpha value is -2.46. The van der Waals surface area contributed by atoms with E-state index in [1.165, 1.54) is 12.1 Å². The van der Waals surface area contributed by atoms with Crippen LogP contribution >= 0.6 is 11.6 Å². The Balaban J connectivity index is 1.56. The van der Waals surface area contributed by atoms with Crippen LogP contribution in [0.3, 0.4) is 0 Å². The number of methoxy groups -OCH3 is 1. The van der Waals surface area contributed by atoms with Crippen molar-refractivity contribution >= 4 is 23.4 Å². The smallest absolute Gasteiger partial charge is 0.404 e. The van der Waals surface area contributed by atoms with Gasteiger partial charge < -0.3 is 24.2 Å². The van der Waals surface area contributed by atoms with Crippen molar-refractivity contribution in [3.05, 3.63) is 40.5 Å². The molecule has 0 bridgehead atoms. The Morgan fingerprint density at radius 2 is 2.07 bits per heavy atom. The van der Waals surface area contributed by atoms with E-state index in [1.807, 2.05) is 6.07 Å². The zero-order chi connectivity index (χ0) is 21.7. The summed E-state index contributed by atoms with van der Waals surface area (Å²) < 4.78 is 51.1. The number of benzene rings is 1. The first-order chi connectivity index (χ1) is 14.3. The van der Waals surface area contributed by atoms with Crippen molar-refractivity contribution in [3.8, 4) is 5.75 Å². The summed E-state index contributed by atoms with van der Waals surface area (Å²) in [7, 11) is 1.61. The van der Waals surface area contributed by atoms with Crippen molar-refractivity contribution in [3.63, 3.8) is 0 Å². The molecule has 0 aliphatic carbocycles. The van der Waals surface area contributed by atoms with Gasteiger partial charge in [-0.25, -0.2) is 0 Å². The minimum atomic E-state index is -4.85. The second kappa shape index (κ2) is 9.57. The van der Waals surface area contributed by atoms with E-state index in [2.05, 4.69) is 15.2 Å². The zero-order valence-electron chi connectivity index (χ0n) is 16.2. The van der Waals surface area contributed by atoms with Crippen LogP contribution in [0, 0.1) is 0 Å². The third-order valence-electron chi connectivity index (χ3n) is 4.74. The van der Waals surface area contributed by atoms with Crippen LogP contribution in [0.1, 0.15) is 34.8 Å². The Morgan fingerprint density at radius 3 is 2.70 bits per heavy atom. The van der Waals surface area contributed by atoms with Crippen molar-refractivity contribution in [2.24, 2.45) is 0 Å². The molecule has 3 rings (SSSR count). The number of carbonyl (C=O) groups excluding carboxylic acids is 1. The quantitative estimate of drug-likeness (QED) is 0.637. The van der Waals surface area contributed by atoms with Gasteiger partial charge in [-0.1, -0.05) is 16.8 Å².